The fourth-order valence-electron chi connectivity index (χ4n) is 1.48. The SMILES string of the molecule is CN1C(=O)C(=O)N(Cc2cnc(Cl)cc2Cl)C1=O. The van der Waals surface area contributed by atoms with Gasteiger partial charge in [-0.3, -0.25) is 19.4 Å². The van der Waals surface area contributed by atoms with E-state index in [-0.39, 0.29) is 16.7 Å². The fourth-order valence-corrected chi connectivity index (χ4v) is 1.90. The van der Waals surface area contributed by atoms with Crippen molar-refractivity contribution in [3.63, 3.8) is 0 Å². The Labute approximate surface area is 112 Å². The van der Waals surface area contributed by atoms with E-state index >= 15 is 0 Å². The van der Waals surface area contributed by atoms with Crippen LogP contribution in [0, 0.1) is 0 Å². The Hall–Kier alpha value is -1.66. The minimum absolute atomic E-state index is 0.114. The molecule has 0 aromatic carbocycles. The van der Waals surface area contributed by atoms with Crippen LogP contribution >= 0.6 is 23.2 Å². The van der Waals surface area contributed by atoms with Gasteiger partial charge in [0.05, 0.1) is 11.6 Å². The van der Waals surface area contributed by atoms with Gasteiger partial charge in [-0.2, -0.15) is 0 Å². The van der Waals surface area contributed by atoms with Crippen LogP contribution in [0.5, 0.6) is 0 Å². The predicted molar refractivity (Wildman–Crippen MR) is 63.0 cm³/mol. The minimum Gasteiger partial charge on any atom is -0.263 e. The van der Waals surface area contributed by atoms with Crippen LogP contribution in [0.2, 0.25) is 10.2 Å². The second-order valence-corrected chi connectivity index (χ2v) is 4.43. The highest BCUT2D eigenvalue weighted by molar-refractivity contribution is 6.44. The number of rotatable bonds is 2. The zero-order chi connectivity index (χ0) is 13.4. The van der Waals surface area contributed by atoms with Crippen molar-refractivity contribution in [2.45, 2.75) is 6.54 Å². The van der Waals surface area contributed by atoms with Crippen LogP contribution in [0.3, 0.4) is 0 Å². The zero-order valence-corrected chi connectivity index (χ0v) is 10.7. The number of likely N-dealkylation sites (N-methyl/N-ethyl adjacent to an activating group) is 1. The number of carbonyl (C=O) groups is 3. The van der Waals surface area contributed by atoms with E-state index < -0.39 is 17.8 Å². The maximum Gasteiger partial charge on any atom is 0.334 e. The molecule has 1 saturated heterocycles. The Morgan fingerprint density at radius 2 is 1.89 bits per heavy atom. The first-order valence-corrected chi connectivity index (χ1v) is 5.61. The van der Waals surface area contributed by atoms with Gasteiger partial charge in [0, 0.05) is 18.8 Å². The molecule has 1 aromatic heterocycles. The highest BCUT2D eigenvalue weighted by Crippen LogP contribution is 2.22. The summed E-state index contributed by atoms with van der Waals surface area (Å²) in [5, 5.41) is 0.480. The van der Waals surface area contributed by atoms with Gasteiger partial charge in [0.15, 0.2) is 0 Å². The van der Waals surface area contributed by atoms with E-state index in [1.54, 1.807) is 0 Å². The molecule has 0 bridgehead atoms. The second-order valence-electron chi connectivity index (χ2n) is 3.64. The molecular weight excluding hydrogens is 281 g/mol. The van der Waals surface area contributed by atoms with Gasteiger partial charge < -0.3 is 0 Å². The average molecular weight is 288 g/mol. The molecule has 1 aliphatic rings. The smallest absolute Gasteiger partial charge is 0.263 e. The second kappa shape index (κ2) is 4.55. The van der Waals surface area contributed by atoms with Gasteiger partial charge in [0.1, 0.15) is 5.15 Å². The van der Waals surface area contributed by atoms with E-state index in [9.17, 15) is 14.4 Å². The number of carbonyl (C=O) groups excluding carboxylic acids is 3. The third-order valence-corrected chi connectivity index (χ3v) is 3.03. The standard InChI is InChI=1S/C10H7Cl2N3O3/c1-14-8(16)9(17)15(10(14)18)4-5-3-13-7(12)2-6(5)11/h2-3H,4H2,1H3. The molecule has 2 rings (SSSR count). The number of hydrogen-bond donors (Lipinski definition) is 0. The summed E-state index contributed by atoms with van der Waals surface area (Å²) in [6, 6.07) is 0.714. The molecule has 2 heterocycles. The lowest BCUT2D eigenvalue weighted by atomic mass is 10.2. The third-order valence-electron chi connectivity index (χ3n) is 2.48. The number of pyridine rings is 1. The number of imide groups is 2. The molecule has 8 heteroatoms. The fraction of sp³-hybridized carbons (Fsp3) is 0.200. The van der Waals surface area contributed by atoms with Crippen molar-refractivity contribution in [3.05, 3.63) is 28.0 Å². The van der Waals surface area contributed by atoms with E-state index in [2.05, 4.69) is 4.98 Å². The average Bonchev–Trinajstić information content (AvgIpc) is 2.50. The van der Waals surface area contributed by atoms with Crippen LogP contribution in [0.25, 0.3) is 0 Å². The summed E-state index contributed by atoms with van der Waals surface area (Å²) in [5.41, 5.74) is 0.436. The molecule has 1 fully saturated rings. The molecular formula is C10H7Cl2N3O3. The lowest BCUT2D eigenvalue weighted by Crippen LogP contribution is -2.31. The van der Waals surface area contributed by atoms with Crippen molar-refractivity contribution in [1.82, 2.24) is 14.8 Å². The molecule has 0 unspecified atom stereocenters. The van der Waals surface area contributed by atoms with Gasteiger partial charge in [0.2, 0.25) is 0 Å². The van der Waals surface area contributed by atoms with E-state index in [0.717, 1.165) is 9.80 Å². The monoisotopic (exact) mass is 287 g/mol. The number of nitrogens with zero attached hydrogens (tertiary/aromatic N) is 3. The Kier molecular flexibility index (Phi) is 3.23. The first kappa shape index (κ1) is 12.8. The van der Waals surface area contributed by atoms with Gasteiger partial charge in [-0.1, -0.05) is 23.2 Å². The lowest BCUT2D eigenvalue weighted by molar-refractivity contribution is -0.143. The topological polar surface area (TPSA) is 70.6 Å². The minimum atomic E-state index is -0.881. The Balaban J connectivity index is 2.27. The molecule has 0 radical (unpaired) electrons. The molecule has 0 atom stereocenters. The maximum atomic E-state index is 11.6. The maximum absolute atomic E-state index is 11.6. The highest BCUT2D eigenvalue weighted by Gasteiger charge is 2.42. The quantitative estimate of drug-likeness (QED) is 0.467. The van der Waals surface area contributed by atoms with Crippen molar-refractivity contribution >= 4 is 41.0 Å². The molecule has 18 heavy (non-hydrogen) atoms. The molecule has 6 nitrogen and oxygen atoms in total. The van der Waals surface area contributed by atoms with Crippen LogP contribution in [0.1, 0.15) is 5.56 Å². The van der Waals surface area contributed by atoms with Crippen molar-refractivity contribution in [3.8, 4) is 0 Å². The number of urea groups is 1. The highest BCUT2D eigenvalue weighted by atomic mass is 35.5. The van der Waals surface area contributed by atoms with Crippen LogP contribution < -0.4 is 0 Å². The van der Waals surface area contributed by atoms with E-state index in [1.165, 1.54) is 19.3 Å². The van der Waals surface area contributed by atoms with E-state index in [0.29, 0.717) is 5.56 Å². The predicted octanol–water partition coefficient (Wildman–Crippen LogP) is 1.31. The first-order chi connectivity index (χ1) is 8.41. The van der Waals surface area contributed by atoms with Crippen LogP contribution in [-0.2, 0) is 16.1 Å². The summed E-state index contributed by atoms with van der Waals surface area (Å²) in [6.45, 7) is -0.114. The summed E-state index contributed by atoms with van der Waals surface area (Å²) in [4.78, 5) is 39.8. The first-order valence-electron chi connectivity index (χ1n) is 4.85. The summed E-state index contributed by atoms with van der Waals surface area (Å²) in [6.07, 6.45) is 1.36. The Morgan fingerprint density at radius 1 is 1.22 bits per heavy atom. The van der Waals surface area contributed by atoms with Gasteiger partial charge in [-0.05, 0) is 6.07 Å². The third kappa shape index (κ3) is 2.04. The number of amides is 4. The van der Waals surface area contributed by atoms with Crippen LogP contribution in [0.4, 0.5) is 4.79 Å². The lowest BCUT2D eigenvalue weighted by Gasteiger charge is -2.13. The van der Waals surface area contributed by atoms with Gasteiger partial charge in [-0.25, -0.2) is 9.78 Å². The van der Waals surface area contributed by atoms with Crippen molar-refractivity contribution < 1.29 is 14.4 Å². The van der Waals surface area contributed by atoms with Gasteiger partial charge in [-0.15, -0.1) is 0 Å². The van der Waals surface area contributed by atoms with Gasteiger partial charge >= 0.3 is 17.8 Å². The summed E-state index contributed by atoms with van der Waals surface area (Å²) < 4.78 is 0. The summed E-state index contributed by atoms with van der Waals surface area (Å²) in [5.74, 6) is -1.74. The number of hydrogen-bond acceptors (Lipinski definition) is 4. The van der Waals surface area contributed by atoms with Gasteiger partial charge in [0.25, 0.3) is 0 Å². The molecule has 0 spiro atoms. The molecule has 0 saturated carbocycles. The molecule has 1 aliphatic heterocycles. The van der Waals surface area contributed by atoms with Crippen LogP contribution in [0.15, 0.2) is 12.3 Å². The molecule has 0 aliphatic carbocycles. The zero-order valence-electron chi connectivity index (χ0n) is 9.18. The Morgan fingerprint density at radius 3 is 2.39 bits per heavy atom. The van der Waals surface area contributed by atoms with E-state index in [1.807, 2.05) is 0 Å². The summed E-state index contributed by atoms with van der Waals surface area (Å²) in [7, 11) is 1.24. The number of halogens is 2. The van der Waals surface area contributed by atoms with Crippen molar-refractivity contribution in [2.75, 3.05) is 7.05 Å². The summed E-state index contributed by atoms with van der Waals surface area (Å²) >= 11 is 11.5. The Bertz CT molecular complexity index is 561. The van der Waals surface area contributed by atoms with Crippen molar-refractivity contribution in [2.24, 2.45) is 0 Å². The molecule has 0 N–H and O–H groups in total. The number of aromatic nitrogens is 1. The normalized spacial score (nSPS) is 15.8. The van der Waals surface area contributed by atoms with Crippen molar-refractivity contribution in [1.29, 1.82) is 0 Å². The van der Waals surface area contributed by atoms with Crippen LogP contribution in [-0.4, -0.2) is 39.7 Å². The molecule has 1 aromatic rings. The van der Waals surface area contributed by atoms with E-state index in [4.69, 9.17) is 23.2 Å². The molecule has 94 valence electrons. The molecule has 4 amide bonds. The largest absolute Gasteiger partial charge is 0.334 e.